The first kappa shape index (κ1) is 12.3. The zero-order valence-electron chi connectivity index (χ0n) is 9.26. The standard InChI is InChI=1S/C12H9ClN2O3/c1-7(12(16)17)6-10-14-11(15-18-10)8-2-4-9(13)5-3-8/h2-5H,1,6H2,(H,16,17). The maximum absolute atomic E-state index is 10.6. The summed E-state index contributed by atoms with van der Waals surface area (Å²) in [6.45, 7) is 3.40. The van der Waals surface area contributed by atoms with Crippen LogP contribution in [0.25, 0.3) is 11.4 Å². The first-order chi connectivity index (χ1) is 8.56. The Morgan fingerprint density at radius 3 is 2.67 bits per heavy atom. The minimum Gasteiger partial charge on any atom is -0.478 e. The van der Waals surface area contributed by atoms with Gasteiger partial charge in [-0.15, -0.1) is 0 Å². The fourth-order valence-corrected chi connectivity index (χ4v) is 1.43. The second kappa shape index (κ2) is 5.01. The number of aliphatic carboxylic acids is 1. The lowest BCUT2D eigenvalue weighted by Gasteiger charge is -1.94. The zero-order valence-corrected chi connectivity index (χ0v) is 10.0. The van der Waals surface area contributed by atoms with Gasteiger partial charge in [-0.1, -0.05) is 23.3 Å². The molecule has 0 saturated carbocycles. The largest absolute Gasteiger partial charge is 0.478 e. The van der Waals surface area contributed by atoms with Crippen LogP contribution in [-0.4, -0.2) is 21.2 Å². The third kappa shape index (κ3) is 2.75. The van der Waals surface area contributed by atoms with E-state index in [1.807, 2.05) is 0 Å². The Balaban J connectivity index is 2.18. The van der Waals surface area contributed by atoms with Gasteiger partial charge in [0, 0.05) is 16.2 Å². The summed E-state index contributed by atoms with van der Waals surface area (Å²) in [5, 5.41) is 13.1. The van der Waals surface area contributed by atoms with Crippen molar-refractivity contribution in [2.75, 3.05) is 0 Å². The SMILES string of the molecule is C=C(Cc1nc(-c2ccc(Cl)cc2)no1)C(=O)O. The fraction of sp³-hybridized carbons (Fsp3) is 0.0833. The van der Waals surface area contributed by atoms with Gasteiger partial charge in [-0.3, -0.25) is 0 Å². The quantitative estimate of drug-likeness (QED) is 0.859. The van der Waals surface area contributed by atoms with E-state index in [-0.39, 0.29) is 17.9 Å². The number of nitrogens with zero attached hydrogens (tertiary/aromatic N) is 2. The van der Waals surface area contributed by atoms with E-state index in [4.69, 9.17) is 21.2 Å². The smallest absolute Gasteiger partial charge is 0.331 e. The van der Waals surface area contributed by atoms with E-state index in [0.29, 0.717) is 10.8 Å². The summed E-state index contributed by atoms with van der Waals surface area (Å²) in [5.41, 5.74) is 0.747. The molecular formula is C12H9ClN2O3. The highest BCUT2D eigenvalue weighted by Crippen LogP contribution is 2.19. The predicted octanol–water partition coefficient (Wildman–Crippen LogP) is 2.57. The molecule has 0 spiro atoms. The van der Waals surface area contributed by atoms with Crippen LogP contribution >= 0.6 is 11.6 Å². The lowest BCUT2D eigenvalue weighted by atomic mass is 10.2. The molecule has 0 fully saturated rings. The van der Waals surface area contributed by atoms with Crippen molar-refractivity contribution in [3.63, 3.8) is 0 Å². The summed E-state index contributed by atoms with van der Waals surface area (Å²) < 4.78 is 4.95. The average Bonchev–Trinajstić information content (AvgIpc) is 2.78. The van der Waals surface area contributed by atoms with Crippen molar-refractivity contribution in [3.05, 3.63) is 47.3 Å². The van der Waals surface area contributed by atoms with Crippen molar-refractivity contribution in [1.82, 2.24) is 10.1 Å². The highest BCUT2D eigenvalue weighted by Gasteiger charge is 2.12. The number of hydrogen-bond acceptors (Lipinski definition) is 4. The van der Waals surface area contributed by atoms with Gasteiger partial charge in [-0.25, -0.2) is 4.79 Å². The molecule has 0 unspecified atom stereocenters. The van der Waals surface area contributed by atoms with Gasteiger partial charge >= 0.3 is 5.97 Å². The Kier molecular flexibility index (Phi) is 3.43. The molecule has 0 aliphatic rings. The summed E-state index contributed by atoms with van der Waals surface area (Å²) in [4.78, 5) is 14.7. The van der Waals surface area contributed by atoms with E-state index < -0.39 is 5.97 Å². The highest BCUT2D eigenvalue weighted by atomic mass is 35.5. The molecule has 0 aliphatic heterocycles. The number of aromatic nitrogens is 2. The molecule has 1 heterocycles. The van der Waals surface area contributed by atoms with E-state index in [1.54, 1.807) is 24.3 Å². The molecule has 1 N–H and O–H groups in total. The maximum atomic E-state index is 10.6. The topological polar surface area (TPSA) is 76.2 Å². The molecule has 5 nitrogen and oxygen atoms in total. The Labute approximate surface area is 108 Å². The summed E-state index contributed by atoms with van der Waals surface area (Å²) in [7, 11) is 0. The second-order valence-electron chi connectivity index (χ2n) is 3.60. The van der Waals surface area contributed by atoms with Crippen LogP contribution in [0.2, 0.25) is 5.02 Å². The van der Waals surface area contributed by atoms with Crippen LogP contribution in [0.3, 0.4) is 0 Å². The number of halogens is 1. The highest BCUT2D eigenvalue weighted by molar-refractivity contribution is 6.30. The van der Waals surface area contributed by atoms with E-state index in [2.05, 4.69) is 16.7 Å². The Hall–Kier alpha value is -2.14. The minimum atomic E-state index is -1.08. The van der Waals surface area contributed by atoms with Crippen LogP contribution < -0.4 is 0 Å². The fourth-order valence-electron chi connectivity index (χ4n) is 1.30. The number of hydrogen-bond donors (Lipinski definition) is 1. The third-order valence-electron chi connectivity index (χ3n) is 2.24. The van der Waals surface area contributed by atoms with Crippen molar-refractivity contribution in [3.8, 4) is 11.4 Å². The molecule has 0 bridgehead atoms. The number of benzene rings is 1. The van der Waals surface area contributed by atoms with Crippen LogP contribution in [0, 0.1) is 0 Å². The van der Waals surface area contributed by atoms with Crippen LogP contribution in [0.5, 0.6) is 0 Å². The summed E-state index contributed by atoms with van der Waals surface area (Å²) in [6.07, 6.45) is 0.0237. The minimum absolute atomic E-state index is 0.00121. The first-order valence-corrected chi connectivity index (χ1v) is 5.43. The molecule has 92 valence electrons. The Bertz CT molecular complexity index is 590. The second-order valence-corrected chi connectivity index (χ2v) is 4.04. The molecule has 0 atom stereocenters. The van der Waals surface area contributed by atoms with Gasteiger partial charge in [0.1, 0.15) is 0 Å². The lowest BCUT2D eigenvalue weighted by Crippen LogP contribution is -2.02. The number of carboxylic acids is 1. The Morgan fingerprint density at radius 1 is 1.39 bits per heavy atom. The molecule has 0 saturated heterocycles. The van der Waals surface area contributed by atoms with E-state index >= 15 is 0 Å². The van der Waals surface area contributed by atoms with Crippen LogP contribution in [0.15, 0.2) is 40.9 Å². The van der Waals surface area contributed by atoms with Crippen LogP contribution in [0.1, 0.15) is 5.89 Å². The van der Waals surface area contributed by atoms with Crippen molar-refractivity contribution < 1.29 is 14.4 Å². The molecule has 0 radical (unpaired) electrons. The number of carboxylic acid groups (broad SMARTS) is 1. The van der Waals surface area contributed by atoms with Gasteiger partial charge in [-0.2, -0.15) is 4.98 Å². The molecule has 2 aromatic rings. The predicted molar refractivity (Wildman–Crippen MR) is 65.2 cm³/mol. The molecule has 0 aliphatic carbocycles. The third-order valence-corrected chi connectivity index (χ3v) is 2.49. The molecule has 18 heavy (non-hydrogen) atoms. The molecule has 6 heteroatoms. The average molecular weight is 265 g/mol. The maximum Gasteiger partial charge on any atom is 0.331 e. The van der Waals surface area contributed by atoms with E-state index in [9.17, 15) is 4.79 Å². The van der Waals surface area contributed by atoms with E-state index in [0.717, 1.165) is 5.56 Å². The van der Waals surface area contributed by atoms with Crippen molar-refractivity contribution in [2.45, 2.75) is 6.42 Å². The van der Waals surface area contributed by atoms with Gasteiger partial charge < -0.3 is 9.63 Å². The lowest BCUT2D eigenvalue weighted by molar-refractivity contribution is -0.132. The van der Waals surface area contributed by atoms with E-state index in [1.165, 1.54) is 0 Å². The van der Waals surface area contributed by atoms with Crippen molar-refractivity contribution in [1.29, 1.82) is 0 Å². The molecule has 0 amide bonds. The van der Waals surface area contributed by atoms with Gasteiger partial charge in [0.05, 0.1) is 6.42 Å². The number of rotatable bonds is 4. The van der Waals surface area contributed by atoms with Gasteiger partial charge in [0.25, 0.3) is 0 Å². The van der Waals surface area contributed by atoms with Gasteiger partial charge in [0.2, 0.25) is 11.7 Å². The molecule has 1 aromatic carbocycles. The number of carbonyl (C=O) groups is 1. The summed E-state index contributed by atoms with van der Waals surface area (Å²) in [5.74, 6) is -0.478. The molecule has 2 rings (SSSR count). The normalized spacial score (nSPS) is 10.3. The molecular weight excluding hydrogens is 256 g/mol. The summed E-state index contributed by atoms with van der Waals surface area (Å²) in [6, 6.07) is 6.93. The van der Waals surface area contributed by atoms with Crippen molar-refractivity contribution in [2.24, 2.45) is 0 Å². The van der Waals surface area contributed by atoms with Crippen LogP contribution in [-0.2, 0) is 11.2 Å². The van der Waals surface area contributed by atoms with Gasteiger partial charge in [0.15, 0.2) is 0 Å². The summed E-state index contributed by atoms with van der Waals surface area (Å²) >= 11 is 5.77. The Morgan fingerprint density at radius 2 is 2.06 bits per heavy atom. The van der Waals surface area contributed by atoms with Crippen molar-refractivity contribution >= 4 is 17.6 Å². The molecule has 1 aromatic heterocycles. The van der Waals surface area contributed by atoms with Gasteiger partial charge in [-0.05, 0) is 24.3 Å². The zero-order chi connectivity index (χ0) is 13.1. The first-order valence-electron chi connectivity index (χ1n) is 5.06. The van der Waals surface area contributed by atoms with Crippen LogP contribution in [0.4, 0.5) is 0 Å². The monoisotopic (exact) mass is 264 g/mol.